The van der Waals surface area contributed by atoms with Crippen molar-refractivity contribution in [3.8, 4) is 0 Å². The average Bonchev–Trinajstić information content (AvgIpc) is 2.15. The van der Waals surface area contributed by atoms with E-state index < -0.39 is 0 Å². The number of hydrogen-bond donors (Lipinski definition) is 1. The molecule has 60 valence electrons. The van der Waals surface area contributed by atoms with Crippen molar-refractivity contribution in [2.75, 3.05) is 0 Å². The van der Waals surface area contributed by atoms with Crippen LogP contribution in [-0.4, -0.2) is 11.9 Å². The average molecular weight is 164 g/mol. The third-order valence-corrected chi connectivity index (χ3v) is 1.76. The summed E-state index contributed by atoms with van der Waals surface area (Å²) in [6, 6.07) is 0.488. The predicted molar refractivity (Wildman–Crippen MR) is 43.3 cm³/mol. The molecule has 10 heavy (non-hydrogen) atoms. The van der Waals surface area contributed by atoms with Crippen molar-refractivity contribution in [2.45, 2.75) is 38.6 Å². The zero-order valence-electron chi connectivity index (χ0n) is 6.22. The number of amides is 1. The van der Waals surface area contributed by atoms with E-state index in [-0.39, 0.29) is 18.3 Å². The van der Waals surface area contributed by atoms with E-state index in [1.54, 1.807) is 6.92 Å². The van der Waals surface area contributed by atoms with E-state index in [0.29, 0.717) is 6.04 Å². The van der Waals surface area contributed by atoms with Gasteiger partial charge in [0.05, 0.1) is 0 Å². The number of nitrogens with one attached hydrogen (secondary N) is 1. The van der Waals surface area contributed by atoms with Crippen LogP contribution in [0.3, 0.4) is 0 Å². The number of carbonyl (C=O) groups is 1. The highest BCUT2D eigenvalue weighted by atomic mass is 35.5. The van der Waals surface area contributed by atoms with Gasteiger partial charge in [-0.1, -0.05) is 12.8 Å². The lowest BCUT2D eigenvalue weighted by molar-refractivity contribution is -0.119. The second kappa shape index (κ2) is 4.56. The van der Waals surface area contributed by atoms with Gasteiger partial charge in [-0.2, -0.15) is 0 Å². The van der Waals surface area contributed by atoms with Gasteiger partial charge in [0.2, 0.25) is 5.91 Å². The molecule has 2 nitrogen and oxygen atoms in total. The largest absolute Gasteiger partial charge is 0.354 e. The molecule has 1 rings (SSSR count). The summed E-state index contributed by atoms with van der Waals surface area (Å²) in [5.41, 5.74) is 0. The highest BCUT2D eigenvalue weighted by Gasteiger charge is 2.14. The molecule has 0 aromatic heterocycles. The minimum atomic E-state index is 0. The SMILES string of the molecule is CC(=O)NC1CCCC1.Cl. The molecule has 1 fully saturated rings. The quantitative estimate of drug-likeness (QED) is 0.624. The lowest BCUT2D eigenvalue weighted by Crippen LogP contribution is -2.30. The zero-order chi connectivity index (χ0) is 6.69. The Bertz CT molecular complexity index is 110. The fraction of sp³-hybridized carbons (Fsp3) is 0.857. The van der Waals surface area contributed by atoms with Crippen LogP contribution in [0, 0.1) is 0 Å². The third-order valence-electron chi connectivity index (χ3n) is 1.76. The van der Waals surface area contributed by atoms with Crippen molar-refractivity contribution >= 4 is 18.3 Å². The summed E-state index contributed by atoms with van der Waals surface area (Å²) in [7, 11) is 0. The van der Waals surface area contributed by atoms with E-state index in [1.165, 1.54) is 25.7 Å². The highest BCUT2D eigenvalue weighted by Crippen LogP contribution is 2.17. The first-order valence-electron chi connectivity index (χ1n) is 3.56. The topological polar surface area (TPSA) is 29.1 Å². The molecular formula is C7H14ClNO. The van der Waals surface area contributed by atoms with E-state index in [2.05, 4.69) is 5.32 Å². The summed E-state index contributed by atoms with van der Waals surface area (Å²) in [6.45, 7) is 1.58. The van der Waals surface area contributed by atoms with Gasteiger partial charge >= 0.3 is 0 Å². The number of halogens is 1. The van der Waals surface area contributed by atoms with Gasteiger partial charge in [0.15, 0.2) is 0 Å². The molecule has 0 aliphatic heterocycles. The first-order chi connectivity index (χ1) is 4.29. The Kier molecular flexibility index (Phi) is 4.45. The van der Waals surface area contributed by atoms with Crippen LogP contribution in [0.25, 0.3) is 0 Å². The van der Waals surface area contributed by atoms with Gasteiger partial charge in [-0.3, -0.25) is 4.79 Å². The first kappa shape index (κ1) is 9.76. The molecule has 1 amide bonds. The molecule has 1 aliphatic rings. The summed E-state index contributed by atoms with van der Waals surface area (Å²) in [6.07, 6.45) is 4.93. The number of rotatable bonds is 1. The van der Waals surface area contributed by atoms with Gasteiger partial charge in [-0.05, 0) is 12.8 Å². The Morgan fingerprint density at radius 3 is 2.30 bits per heavy atom. The van der Waals surface area contributed by atoms with Gasteiger partial charge in [0, 0.05) is 13.0 Å². The number of carbonyl (C=O) groups excluding carboxylic acids is 1. The van der Waals surface area contributed by atoms with Gasteiger partial charge in [-0.25, -0.2) is 0 Å². The van der Waals surface area contributed by atoms with Crippen LogP contribution in [-0.2, 0) is 4.79 Å². The predicted octanol–water partition coefficient (Wildman–Crippen LogP) is 1.49. The van der Waals surface area contributed by atoms with Crippen LogP contribution in [0.5, 0.6) is 0 Å². The summed E-state index contributed by atoms with van der Waals surface area (Å²) >= 11 is 0. The maximum absolute atomic E-state index is 10.5. The molecule has 0 aromatic carbocycles. The molecule has 3 heteroatoms. The minimum Gasteiger partial charge on any atom is -0.354 e. The van der Waals surface area contributed by atoms with E-state index in [9.17, 15) is 4.79 Å². The fourth-order valence-electron chi connectivity index (χ4n) is 1.36. The van der Waals surface area contributed by atoms with Crippen LogP contribution in [0.2, 0.25) is 0 Å². The van der Waals surface area contributed by atoms with Gasteiger partial charge in [-0.15, -0.1) is 12.4 Å². The van der Waals surface area contributed by atoms with E-state index in [1.807, 2.05) is 0 Å². The summed E-state index contributed by atoms with van der Waals surface area (Å²) < 4.78 is 0. The van der Waals surface area contributed by atoms with Crippen molar-refractivity contribution in [3.63, 3.8) is 0 Å². The lowest BCUT2D eigenvalue weighted by Gasteiger charge is -2.07. The number of hydrogen-bond acceptors (Lipinski definition) is 1. The Balaban J connectivity index is 0.000000810. The second-order valence-corrected chi connectivity index (χ2v) is 2.68. The Morgan fingerprint density at radius 2 is 1.90 bits per heavy atom. The Labute approximate surface area is 67.8 Å². The zero-order valence-corrected chi connectivity index (χ0v) is 7.04. The second-order valence-electron chi connectivity index (χ2n) is 2.68. The van der Waals surface area contributed by atoms with Crippen LogP contribution in [0.4, 0.5) is 0 Å². The van der Waals surface area contributed by atoms with Crippen LogP contribution in [0.15, 0.2) is 0 Å². The van der Waals surface area contributed by atoms with Gasteiger partial charge in [0.25, 0.3) is 0 Å². The molecule has 0 bridgehead atoms. The molecule has 0 aromatic rings. The first-order valence-corrected chi connectivity index (χ1v) is 3.56. The van der Waals surface area contributed by atoms with Crippen molar-refractivity contribution < 1.29 is 4.79 Å². The monoisotopic (exact) mass is 163 g/mol. The molecule has 0 atom stereocenters. The van der Waals surface area contributed by atoms with Gasteiger partial charge in [0.1, 0.15) is 0 Å². The highest BCUT2D eigenvalue weighted by molar-refractivity contribution is 5.85. The normalized spacial score (nSPS) is 18.1. The Hall–Kier alpha value is -0.240. The van der Waals surface area contributed by atoms with E-state index >= 15 is 0 Å². The maximum Gasteiger partial charge on any atom is 0.217 e. The molecule has 1 saturated carbocycles. The molecular weight excluding hydrogens is 150 g/mol. The van der Waals surface area contributed by atoms with Crippen LogP contribution >= 0.6 is 12.4 Å². The molecule has 0 heterocycles. The molecule has 0 saturated heterocycles. The van der Waals surface area contributed by atoms with Crippen molar-refractivity contribution in [1.29, 1.82) is 0 Å². The fourth-order valence-corrected chi connectivity index (χ4v) is 1.36. The summed E-state index contributed by atoms with van der Waals surface area (Å²) in [5.74, 6) is 0.113. The Morgan fingerprint density at radius 1 is 1.40 bits per heavy atom. The summed E-state index contributed by atoms with van der Waals surface area (Å²) in [5, 5.41) is 2.90. The van der Waals surface area contributed by atoms with Crippen molar-refractivity contribution in [3.05, 3.63) is 0 Å². The molecule has 0 radical (unpaired) electrons. The summed E-state index contributed by atoms with van der Waals surface area (Å²) in [4.78, 5) is 10.5. The third kappa shape index (κ3) is 3.06. The van der Waals surface area contributed by atoms with E-state index in [4.69, 9.17) is 0 Å². The van der Waals surface area contributed by atoms with Crippen LogP contribution in [0.1, 0.15) is 32.6 Å². The van der Waals surface area contributed by atoms with E-state index in [0.717, 1.165) is 0 Å². The standard InChI is InChI=1S/C7H13NO.ClH/c1-6(9)8-7-4-2-3-5-7;/h7H,2-5H2,1H3,(H,8,9);1H. The molecule has 0 unspecified atom stereocenters. The smallest absolute Gasteiger partial charge is 0.217 e. The lowest BCUT2D eigenvalue weighted by atomic mass is 10.2. The molecule has 0 spiro atoms. The van der Waals surface area contributed by atoms with Crippen LogP contribution < -0.4 is 5.32 Å². The van der Waals surface area contributed by atoms with Crippen molar-refractivity contribution in [1.82, 2.24) is 5.32 Å². The minimum absolute atomic E-state index is 0. The maximum atomic E-state index is 10.5. The molecule has 1 aliphatic carbocycles. The molecule has 1 N–H and O–H groups in total. The van der Waals surface area contributed by atoms with Gasteiger partial charge < -0.3 is 5.32 Å². The van der Waals surface area contributed by atoms with Crippen molar-refractivity contribution in [2.24, 2.45) is 0 Å².